The Morgan fingerprint density at radius 1 is 1.24 bits per heavy atom. The van der Waals surface area contributed by atoms with Crippen LogP contribution in [0.15, 0.2) is 12.1 Å². The Morgan fingerprint density at radius 3 is 2.33 bits per heavy atom. The molecule has 0 bridgehead atoms. The second-order valence-electron chi connectivity index (χ2n) is 3.94. The van der Waals surface area contributed by atoms with Gasteiger partial charge in [-0.3, -0.25) is 4.72 Å². The molecule has 21 heavy (non-hydrogen) atoms. The molecule has 1 aromatic rings. The molecule has 0 saturated carbocycles. The van der Waals surface area contributed by atoms with E-state index in [-0.39, 0.29) is 6.61 Å². The number of ether oxygens (including phenoxy) is 1. The van der Waals surface area contributed by atoms with Crippen LogP contribution in [-0.2, 0) is 14.8 Å². The predicted octanol–water partition coefficient (Wildman–Crippen LogP) is 0.177. The Labute approximate surface area is 119 Å². The summed E-state index contributed by atoms with van der Waals surface area (Å²) in [6, 6.07) is 1.56. The number of carboxylic acid groups (broad SMARTS) is 2. The number of phenols is 1. The first-order valence-electron chi connectivity index (χ1n) is 5.51. The third-order valence-electron chi connectivity index (χ3n) is 2.41. The lowest BCUT2D eigenvalue weighted by Gasteiger charge is -2.12. The lowest BCUT2D eigenvalue weighted by Crippen LogP contribution is -2.20. The van der Waals surface area contributed by atoms with Crippen LogP contribution in [0.2, 0.25) is 0 Å². The first-order valence-corrected chi connectivity index (χ1v) is 7.16. The van der Waals surface area contributed by atoms with E-state index in [4.69, 9.17) is 10.2 Å². The van der Waals surface area contributed by atoms with Gasteiger partial charge in [0, 0.05) is 7.11 Å². The van der Waals surface area contributed by atoms with Gasteiger partial charge in [0.2, 0.25) is 10.0 Å². The van der Waals surface area contributed by atoms with Crippen LogP contribution >= 0.6 is 0 Å². The van der Waals surface area contributed by atoms with Gasteiger partial charge in [-0.05, 0) is 12.1 Å². The summed E-state index contributed by atoms with van der Waals surface area (Å²) in [5.74, 6) is -4.36. The molecule has 0 radical (unpaired) electrons. The van der Waals surface area contributed by atoms with Crippen molar-refractivity contribution in [2.75, 3.05) is 24.2 Å². The molecule has 9 nitrogen and oxygen atoms in total. The van der Waals surface area contributed by atoms with E-state index >= 15 is 0 Å². The van der Waals surface area contributed by atoms with Crippen molar-refractivity contribution < 1.29 is 38.1 Å². The summed E-state index contributed by atoms with van der Waals surface area (Å²) in [6.07, 6.45) is 0. The van der Waals surface area contributed by atoms with Gasteiger partial charge in [-0.2, -0.15) is 0 Å². The number of rotatable bonds is 7. The van der Waals surface area contributed by atoms with Gasteiger partial charge >= 0.3 is 11.9 Å². The number of benzene rings is 1. The molecule has 0 spiro atoms. The number of sulfonamides is 1. The summed E-state index contributed by atoms with van der Waals surface area (Å²) in [5.41, 5.74) is -1.72. The van der Waals surface area contributed by atoms with Crippen molar-refractivity contribution in [3.8, 4) is 5.75 Å². The molecule has 0 fully saturated rings. The Bertz CT molecular complexity index is 667. The van der Waals surface area contributed by atoms with Crippen molar-refractivity contribution in [1.29, 1.82) is 0 Å². The van der Waals surface area contributed by atoms with Gasteiger partial charge in [-0.1, -0.05) is 0 Å². The monoisotopic (exact) mass is 319 g/mol. The molecule has 1 rings (SSSR count). The van der Waals surface area contributed by atoms with Crippen LogP contribution in [0.1, 0.15) is 20.7 Å². The standard InChI is InChI=1S/C11H13NO8S/c1-20-2-3-21(18,19)12-8-5-6(10(14)15)4-7(9(8)13)11(16)17/h4-5,12-13H,2-3H2,1H3,(H,14,15)(H,16,17). The molecule has 1 aromatic carbocycles. The number of carbonyl (C=O) groups is 2. The highest BCUT2D eigenvalue weighted by molar-refractivity contribution is 7.92. The van der Waals surface area contributed by atoms with Crippen molar-refractivity contribution in [1.82, 2.24) is 0 Å². The molecular weight excluding hydrogens is 306 g/mol. The summed E-state index contributed by atoms with van der Waals surface area (Å²) in [4.78, 5) is 21.8. The number of nitrogens with one attached hydrogen (secondary N) is 1. The van der Waals surface area contributed by atoms with Crippen LogP contribution < -0.4 is 4.72 Å². The minimum absolute atomic E-state index is 0.124. The van der Waals surface area contributed by atoms with Gasteiger partial charge in [-0.25, -0.2) is 18.0 Å². The Morgan fingerprint density at radius 2 is 1.86 bits per heavy atom. The molecule has 0 aromatic heterocycles. The fourth-order valence-corrected chi connectivity index (χ4v) is 2.39. The molecule has 0 saturated heterocycles. The molecular formula is C11H13NO8S. The SMILES string of the molecule is COCCS(=O)(=O)Nc1cc(C(=O)O)cc(C(=O)O)c1O. The minimum Gasteiger partial charge on any atom is -0.505 e. The number of aromatic hydroxyl groups is 1. The maximum absolute atomic E-state index is 11.7. The van der Waals surface area contributed by atoms with Crippen molar-refractivity contribution in [2.24, 2.45) is 0 Å². The van der Waals surface area contributed by atoms with Gasteiger partial charge in [0.15, 0.2) is 5.75 Å². The van der Waals surface area contributed by atoms with E-state index in [1.165, 1.54) is 7.11 Å². The molecule has 0 aliphatic rings. The highest BCUT2D eigenvalue weighted by Crippen LogP contribution is 2.30. The molecule has 0 amide bonds. The lowest BCUT2D eigenvalue weighted by molar-refractivity contribution is 0.0693. The van der Waals surface area contributed by atoms with Crippen LogP contribution in [0, 0.1) is 0 Å². The Kier molecular flexibility index (Phi) is 5.11. The number of carboxylic acids is 2. The van der Waals surface area contributed by atoms with Crippen molar-refractivity contribution in [3.05, 3.63) is 23.3 Å². The molecule has 0 unspecified atom stereocenters. The highest BCUT2D eigenvalue weighted by atomic mass is 32.2. The average molecular weight is 319 g/mol. The van der Waals surface area contributed by atoms with Gasteiger partial charge in [0.25, 0.3) is 0 Å². The first kappa shape index (κ1) is 16.7. The molecule has 10 heteroatoms. The molecule has 116 valence electrons. The van der Waals surface area contributed by atoms with E-state index in [0.717, 1.165) is 12.1 Å². The number of aromatic carboxylic acids is 2. The lowest BCUT2D eigenvalue weighted by atomic mass is 10.1. The van der Waals surface area contributed by atoms with Crippen LogP contribution in [0.5, 0.6) is 5.75 Å². The van der Waals surface area contributed by atoms with Gasteiger partial charge in [0.1, 0.15) is 5.56 Å². The van der Waals surface area contributed by atoms with Crippen LogP contribution in [-0.4, -0.2) is 55.1 Å². The van der Waals surface area contributed by atoms with E-state index < -0.39 is 50.3 Å². The van der Waals surface area contributed by atoms with Gasteiger partial charge in [0.05, 0.1) is 23.6 Å². The van der Waals surface area contributed by atoms with Crippen molar-refractivity contribution in [2.45, 2.75) is 0 Å². The Hall–Kier alpha value is -2.33. The second kappa shape index (κ2) is 6.41. The average Bonchev–Trinajstić information content (AvgIpc) is 2.38. The topological polar surface area (TPSA) is 150 Å². The Balaban J connectivity index is 3.29. The zero-order chi connectivity index (χ0) is 16.2. The van der Waals surface area contributed by atoms with Gasteiger partial charge < -0.3 is 20.1 Å². The summed E-state index contributed by atoms with van der Waals surface area (Å²) < 4.78 is 29.9. The quantitative estimate of drug-likeness (QED) is 0.519. The maximum atomic E-state index is 11.7. The molecule has 4 N–H and O–H groups in total. The van der Waals surface area contributed by atoms with Crippen molar-refractivity contribution in [3.63, 3.8) is 0 Å². The summed E-state index contributed by atoms with van der Waals surface area (Å²) in [6.45, 7) is -0.124. The maximum Gasteiger partial charge on any atom is 0.339 e. The van der Waals surface area contributed by atoms with Crippen molar-refractivity contribution >= 4 is 27.6 Å². The molecule has 0 aliphatic carbocycles. The summed E-state index contributed by atoms with van der Waals surface area (Å²) in [5, 5.41) is 27.5. The molecule has 0 atom stereocenters. The predicted molar refractivity (Wildman–Crippen MR) is 71.3 cm³/mol. The van der Waals surface area contributed by atoms with Crippen LogP contribution in [0.25, 0.3) is 0 Å². The van der Waals surface area contributed by atoms with E-state index in [9.17, 15) is 23.1 Å². The number of hydrogen-bond donors (Lipinski definition) is 4. The van der Waals surface area contributed by atoms with Crippen LogP contribution in [0.4, 0.5) is 5.69 Å². The third-order valence-corrected chi connectivity index (χ3v) is 3.64. The van der Waals surface area contributed by atoms with E-state index in [1.807, 2.05) is 4.72 Å². The minimum atomic E-state index is -3.93. The summed E-state index contributed by atoms with van der Waals surface area (Å²) >= 11 is 0. The smallest absolute Gasteiger partial charge is 0.339 e. The van der Waals surface area contributed by atoms with E-state index in [1.54, 1.807) is 0 Å². The van der Waals surface area contributed by atoms with E-state index in [2.05, 4.69) is 4.74 Å². The number of hydrogen-bond acceptors (Lipinski definition) is 6. The fourth-order valence-electron chi connectivity index (χ4n) is 1.41. The normalized spacial score (nSPS) is 11.1. The van der Waals surface area contributed by atoms with Gasteiger partial charge in [-0.15, -0.1) is 0 Å². The first-order chi connectivity index (χ1) is 9.68. The third kappa shape index (κ3) is 4.33. The number of anilines is 1. The largest absolute Gasteiger partial charge is 0.505 e. The molecule has 0 heterocycles. The van der Waals surface area contributed by atoms with Crippen LogP contribution in [0.3, 0.4) is 0 Å². The molecule has 0 aliphatic heterocycles. The zero-order valence-electron chi connectivity index (χ0n) is 10.9. The fraction of sp³-hybridized carbons (Fsp3) is 0.273. The number of methoxy groups -OCH3 is 1. The zero-order valence-corrected chi connectivity index (χ0v) is 11.7. The summed E-state index contributed by atoms with van der Waals surface area (Å²) in [7, 11) is -2.63. The van der Waals surface area contributed by atoms with E-state index in [0.29, 0.717) is 0 Å². The second-order valence-corrected chi connectivity index (χ2v) is 5.79. The highest BCUT2D eigenvalue weighted by Gasteiger charge is 2.21.